The van der Waals surface area contributed by atoms with Gasteiger partial charge in [0.2, 0.25) is 0 Å². The molecule has 2 rings (SSSR count). The van der Waals surface area contributed by atoms with E-state index in [-0.39, 0.29) is 5.75 Å². The topological polar surface area (TPSA) is 34.1 Å². The van der Waals surface area contributed by atoms with E-state index in [1.807, 2.05) is 19.1 Å². The van der Waals surface area contributed by atoms with E-state index in [0.29, 0.717) is 6.54 Å². The van der Waals surface area contributed by atoms with Crippen LogP contribution in [0.25, 0.3) is 0 Å². The molecule has 0 atom stereocenters. The second-order valence-electron chi connectivity index (χ2n) is 4.59. The minimum Gasteiger partial charge on any atom is -0.484 e. The monoisotopic (exact) mass is 296 g/mol. The molecule has 21 heavy (non-hydrogen) atoms. The van der Waals surface area contributed by atoms with Crippen LogP contribution in [0.3, 0.4) is 0 Å². The molecule has 1 heterocycles. The van der Waals surface area contributed by atoms with Crippen LogP contribution in [0.15, 0.2) is 42.6 Å². The first kappa shape index (κ1) is 15.2. The lowest BCUT2D eigenvalue weighted by Gasteiger charge is -2.10. The Bertz CT molecular complexity index is 565. The molecule has 3 nitrogen and oxygen atoms in total. The van der Waals surface area contributed by atoms with Crippen molar-refractivity contribution in [1.29, 1.82) is 0 Å². The molecule has 0 aliphatic carbocycles. The van der Waals surface area contributed by atoms with E-state index in [9.17, 15) is 13.2 Å². The first-order chi connectivity index (χ1) is 9.92. The van der Waals surface area contributed by atoms with Crippen LogP contribution in [-0.4, -0.2) is 17.8 Å². The molecule has 0 aliphatic heterocycles. The summed E-state index contributed by atoms with van der Waals surface area (Å²) < 4.78 is 40.7. The highest BCUT2D eigenvalue weighted by Gasteiger charge is 2.28. The number of rotatable bonds is 5. The van der Waals surface area contributed by atoms with Crippen molar-refractivity contribution in [3.63, 3.8) is 0 Å². The van der Waals surface area contributed by atoms with Crippen molar-refractivity contribution in [2.45, 2.75) is 19.6 Å². The zero-order chi connectivity index (χ0) is 15.3. The highest BCUT2D eigenvalue weighted by Crippen LogP contribution is 2.20. The van der Waals surface area contributed by atoms with Crippen molar-refractivity contribution >= 4 is 5.69 Å². The highest BCUT2D eigenvalue weighted by molar-refractivity contribution is 5.46. The van der Waals surface area contributed by atoms with Crippen LogP contribution in [0.4, 0.5) is 18.9 Å². The number of halogens is 3. The Morgan fingerprint density at radius 2 is 1.81 bits per heavy atom. The van der Waals surface area contributed by atoms with Crippen molar-refractivity contribution in [1.82, 2.24) is 4.98 Å². The molecule has 0 aliphatic rings. The molecule has 2 aromatic rings. The molecule has 0 amide bonds. The van der Waals surface area contributed by atoms with Crippen molar-refractivity contribution in [3.05, 3.63) is 53.9 Å². The van der Waals surface area contributed by atoms with Gasteiger partial charge in [-0.05, 0) is 42.8 Å². The van der Waals surface area contributed by atoms with Crippen molar-refractivity contribution < 1.29 is 17.9 Å². The Morgan fingerprint density at radius 3 is 2.38 bits per heavy atom. The Morgan fingerprint density at radius 1 is 1.10 bits per heavy atom. The first-order valence-electron chi connectivity index (χ1n) is 6.37. The third-order valence-corrected chi connectivity index (χ3v) is 2.73. The summed E-state index contributed by atoms with van der Waals surface area (Å²) in [6.45, 7) is 1.22. The van der Waals surface area contributed by atoms with Gasteiger partial charge >= 0.3 is 6.18 Å². The maximum Gasteiger partial charge on any atom is 0.422 e. The van der Waals surface area contributed by atoms with E-state index in [0.717, 1.165) is 16.9 Å². The highest BCUT2D eigenvalue weighted by atomic mass is 19.4. The number of nitrogens with zero attached hydrogens (tertiary/aromatic N) is 1. The molecule has 1 aromatic heterocycles. The van der Waals surface area contributed by atoms with Crippen LogP contribution < -0.4 is 10.1 Å². The zero-order valence-electron chi connectivity index (χ0n) is 11.4. The molecule has 0 saturated carbocycles. The normalized spacial score (nSPS) is 11.2. The number of aromatic nitrogens is 1. The fourth-order valence-electron chi connectivity index (χ4n) is 1.64. The molecule has 1 aromatic carbocycles. The summed E-state index contributed by atoms with van der Waals surface area (Å²) in [6.07, 6.45) is -2.54. The number of benzene rings is 1. The molecular formula is C15H15F3N2O. The first-order valence-corrected chi connectivity index (χ1v) is 6.37. The lowest BCUT2D eigenvalue weighted by Crippen LogP contribution is -2.19. The minimum absolute atomic E-state index is 0.190. The number of pyridine rings is 1. The van der Waals surface area contributed by atoms with E-state index in [1.54, 1.807) is 18.3 Å². The molecular weight excluding hydrogens is 281 g/mol. The van der Waals surface area contributed by atoms with Gasteiger partial charge in [0.05, 0.1) is 0 Å². The number of anilines is 1. The van der Waals surface area contributed by atoms with E-state index < -0.39 is 12.8 Å². The smallest absolute Gasteiger partial charge is 0.422 e. The largest absolute Gasteiger partial charge is 0.484 e. The number of aryl methyl sites for hydroxylation is 1. The van der Waals surface area contributed by atoms with Gasteiger partial charge in [-0.2, -0.15) is 13.2 Å². The van der Waals surface area contributed by atoms with Crippen molar-refractivity contribution in [2.24, 2.45) is 0 Å². The van der Waals surface area contributed by atoms with Gasteiger partial charge in [-0.1, -0.05) is 6.07 Å². The van der Waals surface area contributed by atoms with Gasteiger partial charge in [0.15, 0.2) is 6.61 Å². The fraction of sp³-hybridized carbons (Fsp3) is 0.267. The maximum absolute atomic E-state index is 12.0. The van der Waals surface area contributed by atoms with Crippen LogP contribution in [-0.2, 0) is 6.54 Å². The van der Waals surface area contributed by atoms with E-state index >= 15 is 0 Å². The van der Waals surface area contributed by atoms with E-state index in [2.05, 4.69) is 15.0 Å². The molecule has 0 spiro atoms. The standard InChI is InChI=1S/C15H15F3N2O/c1-11-2-3-12(8-19-11)9-20-13-4-6-14(7-5-13)21-10-15(16,17)18/h2-8,20H,9-10H2,1H3. The molecule has 6 heteroatoms. The Hall–Kier alpha value is -2.24. The van der Waals surface area contributed by atoms with E-state index in [4.69, 9.17) is 0 Å². The average molecular weight is 296 g/mol. The summed E-state index contributed by atoms with van der Waals surface area (Å²) in [4.78, 5) is 4.19. The number of hydrogen-bond acceptors (Lipinski definition) is 3. The van der Waals surface area contributed by atoms with Crippen molar-refractivity contribution in [2.75, 3.05) is 11.9 Å². The third kappa shape index (κ3) is 5.33. The summed E-state index contributed by atoms with van der Waals surface area (Å²) >= 11 is 0. The number of nitrogens with one attached hydrogen (secondary N) is 1. The summed E-state index contributed by atoms with van der Waals surface area (Å²) in [7, 11) is 0. The van der Waals surface area contributed by atoms with Gasteiger partial charge < -0.3 is 10.1 Å². The summed E-state index contributed by atoms with van der Waals surface area (Å²) in [5, 5.41) is 3.16. The van der Waals surface area contributed by atoms with E-state index in [1.165, 1.54) is 12.1 Å². The van der Waals surface area contributed by atoms with Crippen LogP contribution in [0, 0.1) is 6.92 Å². The second-order valence-corrected chi connectivity index (χ2v) is 4.59. The van der Waals surface area contributed by atoms with Gasteiger partial charge in [-0.3, -0.25) is 4.98 Å². The molecule has 0 unspecified atom stereocenters. The minimum atomic E-state index is -4.32. The van der Waals surface area contributed by atoms with Gasteiger partial charge in [-0.15, -0.1) is 0 Å². The third-order valence-electron chi connectivity index (χ3n) is 2.73. The summed E-state index contributed by atoms with van der Waals surface area (Å²) in [6, 6.07) is 10.2. The number of ether oxygens (including phenoxy) is 1. The maximum atomic E-state index is 12.0. The lowest BCUT2D eigenvalue weighted by atomic mass is 10.2. The number of alkyl halides is 3. The van der Waals surface area contributed by atoms with Crippen LogP contribution >= 0.6 is 0 Å². The van der Waals surface area contributed by atoms with Crippen LogP contribution in [0.2, 0.25) is 0 Å². The second kappa shape index (κ2) is 6.47. The summed E-state index contributed by atoms with van der Waals surface area (Å²) in [5.74, 6) is 0.190. The molecule has 0 fully saturated rings. The van der Waals surface area contributed by atoms with Crippen molar-refractivity contribution in [3.8, 4) is 5.75 Å². The molecule has 0 saturated heterocycles. The number of hydrogen-bond donors (Lipinski definition) is 1. The lowest BCUT2D eigenvalue weighted by molar-refractivity contribution is -0.153. The SMILES string of the molecule is Cc1ccc(CNc2ccc(OCC(F)(F)F)cc2)cn1. The summed E-state index contributed by atoms with van der Waals surface area (Å²) in [5.41, 5.74) is 2.78. The van der Waals surface area contributed by atoms with Gasteiger partial charge in [0.1, 0.15) is 5.75 Å². The Kier molecular flexibility index (Phi) is 4.67. The predicted octanol–water partition coefficient (Wildman–Crippen LogP) is 3.94. The zero-order valence-corrected chi connectivity index (χ0v) is 11.4. The van der Waals surface area contributed by atoms with Crippen LogP contribution in [0.5, 0.6) is 5.75 Å². The Balaban J connectivity index is 1.86. The Labute approximate surface area is 120 Å². The fourth-order valence-corrected chi connectivity index (χ4v) is 1.64. The predicted molar refractivity (Wildman–Crippen MR) is 74.3 cm³/mol. The molecule has 112 valence electrons. The quantitative estimate of drug-likeness (QED) is 0.907. The molecule has 0 bridgehead atoms. The average Bonchev–Trinajstić information content (AvgIpc) is 2.45. The van der Waals surface area contributed by atoms with Gasteiger partial charge in [0, 0.05) is 24.1 Å². The van der Waals surface area contributed by atoms with Gasteiger partial charge in [0.25, 0.3) is 0 Å². The van der Waals surface area contributed by atoms with Gasteiger partial charge in [-0.25, -0.2) is 0 Å². The molecule has 1 N–H and O–H groups in total. The van der Waals surface area contributed by atoms with Crippen LogP contribution in [0.1, 0.15) is 11.3 Å². The molecule has 0 radical (unpaired) electrons.